The smallest absolute Gasteiger partial charge is 0.408 e. The van der Waals surface area contributed by atoms with Crippen molar-refractivity contribution < 1.29 is 38.6 Å². The summed E-state index contributed by atoms with van der Waals surface area (Å²) in [5, 5.41) is 20.9. The molecule has 52 heavy (non-hydrogen) atoms. The van der Waals surface area contributed by atoms with Crippen molar-refractivity contribution in [2.45, 2.75) is 97.1 Å². The fourth-order valence-electron chi connectivity index (χ4n) is 5.48. The summed E-state index contributed by atoms with van der Waals surface area (Å²) in [7, 11) is 0. The van der Waals surface area contributed by atoms with E-state index in [1.807, 2.05) is 24.3 Å². The number of benzene rings is 3. The minimum Gasteiger partial charge on any atom is -0.508 e. The number of carbonyl (C=O) groups is 5. The van der Waals surface area contributed by atoms with Gasteiger partial charge < -0.3 is 41.6 Å². The van der Waals surface area contributed by atoms with Gasteiger partial charge in [-0.3, -0.25) is 14.4 Å². The van der Waals surface area contributed by atoms with Gasteiger partial charge in [-0.25, -0.2) is 9.59 Å². The lowest BCUT2D eigenvalue weighted by molar-refractivity contribution is -0.132. The molecule has 0 heterocycles. The Bertz CT molecular complexity index is 1640. The highest BCUT2D eigenvalue weighted by Gasteiger charge is 2.30. The summed E-state index contributed by atoms with van der Waals surface area (Å²) in [5.41, 5.74) is 8.65. The molecule has 0 spiro atoms. The fourth-order valence-corrected chi connectivity index (χ4v) is 5.48. The average molecular weight is 718 g/mol. The molecule has 0 radical (unpaired) electrons. The van der Waals surface area contributed by atoms with Crippen molar-refractivity contribution in [3.63, 3.8) is 0 Å². The lowest BCUT2D eigenvalue weighted by Gasteiger charge is -2.25. The second-order valence-corrected chi connectivity index (χ2v) is 13.7. The van der Waals surface area contributed by atoms with Crippen molar-refractivity contribution in [2.75, 3.05) is 6.54 Å². The number of ether oxygens (including phenoxy) is 2. The lowest BCUT2D eigenvalue weighted by atomic mass is 9.95. The van der Waals surface area contributed by atoms with Gasteiger partial charge in [0.1, 0.15) is 36.1 Å². The molecule has 0 aliphatic carbocycles. The highest BCUT2D eigenvalue weighted by atomic mass is 16.6. The molecule has 7 N–H and O–H groups in total. The van der Waals surface area contributed by atoms with Crippen molar-refractivity contribution in [3.8, 4) is 5.75 Å². The standard InChI is InChI=1S/C39H51N5O8/c1-25-20-29(45)21-26(2)30(25)23-33(44-38(50)51-24-28-16-10-7-11-17-28)36(48)42-31(18-12-13-19-41-37(49)52-39(3,4)5)35(47)43-32(34(40)46)22-27-14-8-6-9-15-27/h6-11,14-17,20-21,31-33,45H,12-13,18-19,22-24H2,1-5H3,(H2,40,46)(H,41,49)(H,42,48)(H,43,47)(H,44,50)/t31-,32-,33+/m0/s1. The summed E-state index contributed by atoms with van der Waals surface area (Å²) in [5.74, 6) is -2.00. The summed E-state index contributed by atoms with van der Waals surface area (Å²) in [4.78, 5) is 65.3. The van der Waals surface area contributed by atoms with Crippen LogP contribution in [0.2, 0.25) is 0 Å². The zero-order valence-electron chi connectivity index (χ0n) is 30.5. The number of primary amides is 1. The molecule has 0 saturated carbocycles. The minimum absolute atomic E-state index is 0.0241. The number of hydrogen-bond acceptors (Lipinski definition) is 8. The molecule has 0 aromatic heterocycles. The second-order valence-electron chi connectivity index (χ2n) is 13.7. The molecule has 13 heteroatoms. The third kappa shape index (κ3) is 14.3. The zero-order chi connectivity index (χ0) is 38.3. The van der Waals surface area contributed by atoms with Crippen LogP contribution in [-0.2, 0) is 43.3 Å². The number of amides is 5. The first-order valence-corrected chi connectivity index (χ1v) is 17.3. The quantitative estimate of drug-likeness (QED) is 0.111. The third-order valence-corrected chi connectivity index (χ3v) is 8.07. The maximum Gasteiger partial charge on any atom is 0.408 e. The molecule has 0 fully saturated rings. The molecular weight excluding hydrogens is 666 g/mol. The van der Waals surface area contributed by atoms with Crippen LogP contribution in [0.3, 0.4) is 0 Å². The summed E-state index contributed by atoms with van der Waals surface area (Å²) in [6.07, 6.45) is -0.289. The van der Waals surface area contributed by atoms with Crippen LogP contribution in [0, 0.1) is 13.8 Å². The molecule has 5 amide bonds. The van der Waals surface area contributed by atoms with E-state index in [-0.39, 0.29) is 38.2 Å². The van der Waals surface area contributed by atoms with Gasteiger partial charge in [-0.2, -0.15) is 0 Å². The van der Waals surface area contributed by atoms with E-state index in [2.05, 4.69) is 21.3 Å². The molecule has 0 unspecified atom stereocenters. The third-order valence-electron chi connectivity index (χ3n) is 8.07. The predicted molar refractivity (Wildman–Crippen MR) is 196 cm³/mol. The number of hydrogen-bond donors (Lipinski definition) is 6. The number of carbonyl (C=O) groups excluding carboxylic acids is 5. The van der Waals surface area contributed by atoms with E-state index >= 15 is 0 Å². The minimum atomic E-state index is -1.19. The van der Waals surface area contributed by atoms with Crippen LogP contribution < -0.4 is 27.0 Å². The van der Waals surface area contributed by atoms with E-state index in [9.17, 15) is 29.1 Å². The van der Waals surface area contributed by atoms with Crippen LogP contribution in [0.25, 0.3) is 0 Å². The van der Waals surface area contributed by atoms with Crippen LogP contribution >= 0.6 is 0 Å². The maximum absolute atomic E-state index is 14.0. The Kier molecular flexibility index (Phi) is 15.5. The Morgan fingerprint density at radius 2 is 1.29 bits per heavy atom. The lowest BCUT2D eigenvalue weighted by Crippen LogP contribution is -2.57. The SMILES string of the molecule is Cc1cc(O)cc(C)c1C[C@@H](NC(=O)OCc1ccccc1)C(=O)N[C@@H](CCCCNC(=O)OC(C)(C)C)C(=O)N[C@@H](Cc1ccccc1)C(N)=O. The molecule has 3 aromatic carbocycles. The molecule has 280 valence electrons. The van der Waals surface area contributed by atoms with E-state index < -0.39 is 53.6 Å². The van der Waals surface area contributed by atoms with Gasteiger partial charge in [0.05, 0.1) is 0 Å². The van der Waals surface area contributed by atoms with Crippen molar-refractivity contribution >= 4 is 29.9 Å². The predicted octanol–water partition coefficient (Wildman–Crippen LogP) is 4.24. The molecule has 0 bridgehead atoms. The number of nitrogens with two attached hydrogens (primary N) is 1. The van der Waals surface area contributed by atoms with Crippen LogP contribution in [0.15, 0.2) is 72.8 Å². The Labute approximate surface area is 305 Å². The van der Waals surface area contributed by atoms with Crippen molar-refractivity contribution in [3.05, 3.63) is 101 Å². The van der Waals surface area contributed by atoms with Crippen LogP contribution in [0.4, 0.5) is 9.59 Å². The number of phenolic OH excluding ortho intramolecular Hbond substituents is 1. The largest absolute Gasteiger partial charge is 0.508 e. The molecule has 3 rings (SSSR count). The Morgan fingerprint density at radius 3 is 1.87 bits per heavy atom. The van der Waals surface area contributed by atoms with Crippen molar-refractivity contribution in [2.24, 2.45) is 5.73 Å². The first kappa shape index (κ1) is 40.8. The number of rotatable bonds is 17. The van der Waals surface area contributed by atoms with Gasteiger partial charge in [0, 0.05) is 19.4 Å². The van der Waals surface area contributed by atoms with E-state index in [0.717, 1.165) is 11.1 Å². The van der Waals surface area contributed by atoms with Crippen molar-refractivity contribution in [1.29, 1.82) is 0 Å². The highest BCUT2D eigenvalue weighted by Crippen LogP contribution is 2.22. The molecule has 3 atom stereocenters. The number of alkyl carbamates (subject to hydrolysis) is 2. The molecule has 0 aliphatic rings. The molecule has 3 aromatic rings. The molecule has 13 nitrogen and oxygen atoms in total. The van der Waals surface area contributed by atoms with E-state index in [1.54, 1.807) is 83.1 Å². The van der Waals surface area contributed by atoms with E-state index in [4.69, 9.17) is 15.2 Å². The highest BCUT2D eigenvalue weighted by molar-refractivity contribution is 5.93. The number of unbranched alkanes of at least 4 members (excludes halogenated alkanes) is 1. The zero-order valence-corrected chi connectivity index (χ0v) is 30.5. The normalized spacial score (nSPS) is 12.8. The monoisotopic (exact) mass is 717 g/mol. The van der Waals surface area contributed by atoms with Crippen molar-refractivity contribution in [1.82, 2.24) is 21.3 Å². The van der Waals surface area contributed by atoms with Gasteiger partial charge in [0.15, 0.2) is 0 Å². The topological polar surface area (TPSA) is 198 Å². The fraction of sp³-hybridized carbons (Fsp3) is 0.410. The Morgan fingerprint density at radius 1 is 0.731 bits per heavy atom. The molecular formula is C39H51N5O8. The summed E-state index contributed by atoms with van der Waals surface area (Å²) >= 11 is 0. The van der Waals surface area contributed by atoms with E-state index in [1.165, 1.54) is 0 Å². The molecule has 0 saturated heterocycles. The Hall–Kier alpha value is -5.59. The Balaban J connectivity index is 1.81. The molecule has 0 aliphatic heterocycles. The number of phenols is 1. The van der Waals surface area contributed by atoms with Gasteiger partial charge >= 0.3 is 12.2 Å². The maximum atomic E-state index is 14.0. The van der Waals surface area contributed by atoms with Gasteiger partial charge in [-0.1, -0.05) is 60.7 Å². The van der Waals surface area contributed by atoms with Gasteiger partial charge in [-0.15, -0.1) is 0 Å². The first-order chi connectivity index (χ1) is 24.6. The average Bonchev–Trinajstić information content (AvgIpc) is 3.07. The van der Waals surface area contributed by atoms with E-state index in [0.29, 0.717) is 29.5 Å². The first-order valence-electron chi connectivity index (χ1n) is 17.3. The van der Waals surface area contributed by atoms with Gasteiger partial charge in [0.2, 0.25) is 17.7 Å². The summed E-state index contributed by atoms with van der Waals surface area (Å²) in [6, 6.07) is 17.8. The van der Waals surface area contributed by atoms with Crippen LogP contribution in [-0.4, -0.2) is 65.3 Å². The second kappa shape index (κ2) is 19.7. The van der Waals surface area contributed by atoms with Gasteiger partial charge in [-0.05, 0) is 93.8 Å². The van der Waals surface area contributed by atoms with Crippen LogP contribution in [0.5, 0.6) is 5.75 Å². The summed E-state index contributed by atoms with van der Waals surface area (Å²) in [6.45, 7) is 9.05. The van der Waals surface area contributed by atoms with Crippen LogP contribution in [0.1, 0.15) is 67.9 Å². The number of nitrogens with one attached hydrogen (secondary N) is 4. The summed E-state index contributed by atoms with van der Waals surface area (Å²) < 4.78 is 10.7. The number of aryl methyl sites for hydroxylation is 2. The number of aromatic hydroxyl groups is 1. The van der Waals surface area contributed by atoms with Gasteiger partial charge in [0.25, 0.3) is 0 Å².